The molecule has 1 aliphatic carbocycles. The molecule has 0 saturated heterocycles. The van der Waals surface area contributed by atoms with Gasteiger partial charge in [-0.05, 0) is 55.5 Å². The van der Waals surface area contributed by atoms with Crippen LogP contribution in [0, 0.1) is 11.8 Å². The SMILES string of the molecule is COc1ccc(C(C#Cc2ccccc2)CC(=O)C=[N+]=[N-])cc1OC1CCCC1. The van der Waals surface area contributed by atoms with E-state index >= 15 is 0 Å². The van der Waals surface area contributed by atoms with Crippen LogP contribution in [-0.2, 0) is 4.79 Å². The zero-order valence-corrected chi connectivity index (χ0v) is 16.5. The maximum absolute atomic E-state index is 12.1. The molecule has 29 heavy (non-hydrogen) atoms. The van der Waals surface area contributed by atoms with E-state index in [1.807, 2.05) is 48.5 Å². The van der Waals surface area contributed by atoms with Gasteiger partial charge in [0.05, 0.1) is 19.1 Å². The minimum atomic E-state index is -0.363. The summed E-state index contributed by atoms with van der Waals surface area (Å²) < 4.78 is 11.6. The number of methoxy groups -OCH3 is 1. The lowest BCUT2D eigenvalue weighted by Gasteiger charge is -2.18. The first kappa shape index (κ1) is 20.4. The fraction of sp³-hybridized carbons (Fsp3) is 0.333. The van der Waals surface area contributed by atoms with E-state index in [0.717, 1.165) is 30.2 Å². The molecule has 0 radical (unpaired) electrons. The highest BCUT2D eigenvalue weighted by Gasteiger charge is 2.21. The van der Waals surface area contributed by atoms with Gasteiger partial charge in [0.15, 0.2) is 11.5 Å². The molecule has 2 aromatic carbocycles. The molecule has 0 amide bonds. The molecule has 1 atom stereocenters. The number of nitrogens with zero attached hydrogens (tertiary/aromatic N) is 2. The molecule has 1 aliphatic rings. The number of carbonyl (C=O) groups is 1. The Bertz CT molecular complexity index is 947. The fourth-order valence-corrected chi connectivity index (χ4v) is 3.45. The number of ketones is 1. The molecule has 5 heteroatoms. The molecule has 0 aliphatic heterocycles. The molecule has 0 bridgehead atoms. The summed E-state index contributed by atoms with van der Waals surface area (Å²) in [6.07, 6.45) is 5.64. The summed E-state index contributed by atoms with van der Waals surface area (Å²) in [4.78, 5) is 14.9. The van der Waals surface area contributed by atoms with Gasteiger partial charge in [-0.25, -0.2) is 0 Å². The van der Waals surface area contributed by atoms with Crippen LogP contribution in [-0.4, -0.2) is 30.0 Å². The number of hydrogen-bond donors (Lipinski definition) is 0. The lowest BCUT2D eigenvalue weighted by atomic mass is 9.93. The van der Waals surface area contributed by atoms with Crippen molar-refractivity contribution in [3.63, 3.8) is 0 Å². The topological polar surface area (TPSA) is 71.9 Å². The van der Waals surface area contributed by atoms with Gasteiger partial charge in [0.25, 0.3) is 0 Å². The highest BCUT2D eigenvalue weighted by molar-refractivity contribution is 6.25. The molecule has 0 aromatic heterocycles. The van der Waals surface area contributed by atoms with Crippen LogP contribution >= 0.6 is 0 Å². The van der Waals surface area contributed by atoms with E-state index in [1.54, 1.807) is 7.11 Å². The van der Waals surface area contributed by atoms with Gasteiger partial charge in [-0.2, -0.15) is 4.79 Å². The Balaban J connectivity index is 1.92. The highest BCUT2D eigenvalue weighted by atomic mass is 16.5. The first-order valence-corrected chi connectivity index (χ1v) is 9.81. The third-order valence-corrected chi connectivity index (χ3v) is 4.96. The Morgan fingerprint density at radius 1 is 1.21 bits per heavy atom. The number of ether oxygens (including phenoxy) is 2. The van der Waals surface area contributed by atoms with Crippen LogP contribution in [0.25, 0.3) is 5.53 Å². The Kier molecular flexibility index (Phi) is 7.22. The molecule has 3 rings (SSSR count). The van der Waals surface area contributed by atoms with Crippen molar-refractivity contribution in [1.29, 1.82) is 0 Å². The Morgan fingerprint density at radius 2 is 1.97 bits per heavy atom. The summed E-state index contributed by atoms with van der Waals surface area (Å²) in [6, 6.07) is 15.3. The van der Waals surface area contributed by atoms with Crippen LogP contribution in [0.4, 0.5) is 0 Å². The highest BCUT2D eigenvalue weighted by Crippen LogP contribution is 2.35. The van der Waals surface area contributed by atoms with Crippen LogP contribution in [0.5, 0.6) is 11.5 Å². The maximum atomic E-state index is 12.1. The van der Waals surface area contributed by atoms with Crippen molar-refractivity contribution >= 4 is 12.0 Å². The molecule has 0 heterocycles. The van der Waals surface area contributed by atoms with Crippen molar-refractivity contribution in [1.82, 2.24) is 0 Å². The summed E-state index contributed by atoms with van der Waals surface area (Å²) in [7, 11) is 1.62. The summed E-state index contributed by atoms with van der Waals surface area (Å²) in [5.41, 5.74) is 10.4. The zero-order chi connectivity index (χ0) is 20.5. The second-order valence-corrected chi connectivity index (χ2v) is 7.04. The number of benzene rings is 2. The third-order valence-electron chi connectivity index (χ3n) is 4.96. The number of carbonyl (C=O) groups excluding carboxylic acids is 1. The lowest BCUT2D eigenvalue weighted by molar-refractivity contribution is -0.116. The van der Waals surface area contributed by atoms with Crippen molar-refractivity contribution in [3.05, 3.63) is 65.2 Å². The lowest BCUT2D eigenvalue weighted by Crippen LogP contribution is -2.12. The van der Waals surface area contributed by atoms with Crippen molar-refractivity contribution < 1.29 is 19.1 Å². The largest absolute Gasteiger partial charge is 0.493 e. The maximum Gasteiger partial charge on any atom is 0.323 e. The van der Waals surface area contributed by atoms with Crippen molar-refractivity contribution in [3.8, 4) is 23.3 Å². The molecule has 148 valence electrons. The first-order chi connectivity index (χ1) is 14.2. The third kappa shape index (κ3) is 5.81. The average Bonchev–Trinajstić information content (AvgIpc) is 3.25. The van der Waals surface area contributed by atoms with Crippen molar-refractivity contribution in [2.75, 3.05) is 7.11 Å². The van der Waals surface area contributed by atoms with Crippen molar-refractivity contribution in [2.24, 2.45) is 0 Å². The monoisotopic (exact) mass is 388 g/mol. The van der Waals surface area contributed by atoms with Gasteiger partial charge in [0, 0.05) is 12.0 Å². The molecular formula is C24H24N2O3. The van der Waals surface area contributed by atoms with Crippen LogP contribution < -0.4 is 9.47 Å². The normalized spacial score (nSPS) is 14.2. The first-order valence-electron chi connectivity index (χ1n) is 9.81. The predicted octanol–water partition coefficient (Wildman–Crippen LogP) is 4.41. The second-order valence-electron chi connectivity index (χ2n) is 7.04. The molecular weight excluding hydrogens is 364 g/mol. The van der Waals surface area contributed by atoms with Gasteiger partial charge in [-0.1, -0.05) is 36.1 Å². The number of hydrogen-bond acceptors (Lipinski definition) is 3. The van der Waals surface area contributed by atoms with E-state index in [4.69, 9.17) is 15.0 Å². The Morgan fingerprint density at radius 3 is 2.66 bits per heavy atom. The standard InChI is InChI=1S/C24H24N2O3/c1-28-23-14-13-20(16-24(23)29-22-9-5-6-10-22)19(15-21(27)17-26-25)12-11-18-7-3-2-4-8-18/h2-4,7-8,13-14,16-17,19,22H,5-6,9-10,15H2,1H3. The van der Waals surface area contributed by atoms with Crippen LogP contribution in [0.2, 0.25) is 0 Å². The number of Topliss-reactive ketones (excluding diaryl/α,β-unsaturated/α-hetero) is 1. The van der Waals surface area contributed by atoms with Gasteiger partial charge >= 0.3 is 6.21 Å². The summed E-state index contributed by atoms with van der Waals surface area (Å²) in [5, 5.41) is 0. The minimum Gasteiger partial charge on any atom is -0.493 e. The smallest absolute Gasteiger partial charge is 0.323 e. The van der Waals surface area contributed by atoms with Crippen LogP contribution in [0.1, 0.15) is 49.1 Å². The Labute approximate surface area is 171 Å². The minimum absolute atomic E-state index is 0.110. The van der Waals surface area contributed by atoms with E-state index in [1.165, 1.54) is 12.8 Å². The molecule has 2 aromatic rings. The van der Waals surface area contributed by atoms with Crippen LogP contribution in [0.15, 0.2) is 48.5 Å². The van der Waals surface area contributed by atoms with Gasteiger partial charge in [0.2, 0.25) is 5.78 Å². The molecule has 0 spiro atoms. The zero-order valence-electron chi connectivity index (χ0n) is 16.5. The summed E-state index contributed by atoms with van der Waals surface area (Å²) >= 11 is 0. The van der Waals surface area contributed by atoms with Gasteiger partial charge in [0.1, 0.15) is 0 Å². The Hall–Kier alpha value is -3.35. The second kappa shape index (κ2) is 10.3. The van der Waals surface area contributed by atoms with Crippen molar-refractivity contribution in [2.45, 2.75) is 44.1 Å². The van der Waals surface area contributed by atoms with Gasteiger partial charge in [-0.15, -0.1) is 0 Å². The summed E-state index contributed by atoms with van der Waals surface area (Å²) in [6.45, 7) is 0. The van der Waals surface area contributed by atoms with E-state index in [-0.39, 0.29) is 24.2 Å². The van der Waals surface area contributed by atoms with E-state index in [2.05, 4.69) is 16.6 Å². The van der Waals surface area contributed by atoms with E-state index < -0.39 is 0 Å². The fourth-order valence-electron chi connectivity index (χ4n) is 3.45. The van der Waals surface area contributed by atoms with E-state index in [9.17, 15) is 4.79 Å². The summed E-state index contributed by atoms with van der Waals surface area (Å²) in [5.74, 6) is 7.00. The molecule has 5 nitrogen and oxygen atoms in total. The molecule has 1 fully saturated rings. The van der Waals surface area contributed by atoms with Gasteiger partial charge in [-0.3, -0.25) is 4.79 Å². The average molecular weight is 388 g/mol. The molecule has 1 unspecified atom stereocenters. The number of rotatable bonds is 7. The molecule has 0 N–H and O–H groups in total. The molecule has 1 saturated carbocycles. The van der Waals surface area contributed by atoms with E-state index in [0.29, 0.717) is 11.5 Å². The van der Waals surface area contributed by atoms with Crippen LogP contribution in [0.3, 0.4) is 0 Å². The van der Waals surface area contributed by atoms with Gasteiger partial charge < -0.3 is 15.0 Å². The predicted molar refractivity (Wildman–Crippen MR) is 111 cm³/mol. The quantitative estimate of drug-likeness (QED) is 0.305.